The minimum absolute atomic E-state index is 0.416. The number of rotatable bonds is 4. The molecule has 0 spiro atoms. The highest BCUT2D eigenvalue weighted by molar-refractivity contribution is 5.43. The van der Waals surface area contributed by atoms with Gasteiger partial charge in [0.2, 0.25) is 0 Å². The van der Waals surface area contributed by atoms with Gasteiger partial charge < -0.3 is 10.5 Å². The van der Waals surface area contributed by atoms with Crippen LogP contribution in [0, 0.1) is 13.8 Å². The molecule has 0 radical (unpaired) electrons. The predicted octanol–water partition coefficient (Wildman–Crippen LogP) is 2.76. The minimum atomic E-state index is 0.416. The van der Waals surface area contributed by atoms with Crippen molar-refractivity contribution < 1.29 is 4.74 Å². The van der Waals surface area contributed by atoms with Gasteiger partial charge >= 0.3 is 0 Å². The van der Waals surface area contributed by atoms with E-state index in [4.69, 9.17) is 10.5 Å². The molecule has 2 N–H and O–H groups in total. The lowest BCUT2D eigenvalue weighted by Gasteiger charge is -2.16. The second kappa shape index (κ2) is 5.17. The highest BCUT2D eigenvalue weighted by atomic mass is 16.5. The van der Waals surface area contributed by atoms with Crippen LogP contribution in [0.25, 0.3) is 0 Å². The lowest BCUT2D eigenvalue weighted by Crippen LogP contribution is -2.10. The van der Waals surface area contributed by atoms with Crippen LogP contribution in [0.3, 0.4) is 0 Å². The summed E-state index contributed by atoms with van der Waals surface area (Å²) in [6, 6.07) is 4.30. The molecule has 1 atom stereocenters. The largest absolute Gasteiger partial charge is 0.494 e. The monoisotopic (exact) mass is 207 g/mol. The Morgan fingerprint density at radius 1 is 1.27 bits per heavy atom. The molecule has 0 aliphatic heterocycles. The first-order valence-corrected chi connectivity index (χ1v) is 5.54. The van der Waals surface area contributed by atoms with Crippen LogP contribution in [0.4, 0.5) is 0 Å². The van der Waals surface area contributed by atoms with Gasteiger partial charge in [-0.3, -0.25) is 0 Å². The molecule has 0 heterocycles. The molecule has 1 aromatic rings. The Kier molecular flexibility index (Phi) is 4.15. The van der Waals surface area contributed by atoms with E-state index in [1.165, 1.54) is 16.7 Å². The van der Waals surface area contributed by atoms with Gasteiger partial charge in [0, 0.05) is 0 Å². The molecular weight excluding hydrogens is 186 g/mol. The van der Waals surface area contributed by atoms with E-state index in [-0.39, 0.29) is 0 Å². The Labute approximate surface area is 92.4 Å². The molecule has 1 unspecified atom stereocenters. The molecule has 0 aliphatic carbocycles. The summed E-state index contributed by atoms with van der Waals surface area (Å²) >= 11 is 0. The van der Waals surface area contributed by atoms with Crippen molar-refractivity contribution in [2.24, 2.45) is 5.73 Å². The number of aryl methyl sites for hydroxylation is 2. The fourth-order valence-corrected chi connectivity index (χ4v) is 1.78. The first kappa shape index (κ1) is 12.1. The number of nitrogens with two attached hydrogens (primary N) is 1. The molecule has 0 fully saturated rings. The molecule has 84 valence electrons. The maximum absolute atomic E-state index is 5.69. The minimum Gasteiger partial charge on any atom is -0.494 e. The van der Waals surface area contributed by atoms with Gasteiger partial charge in [0.15, 0.2) is 0 Å². The molecule has 0 aromatic heterocycles. The fraction of sp³-hybridized carbons (Fsp3) is 0.538. The van der Waals surface area contributed by atoms with Gasteiger partial charge in [0.1, 0.15) is 5.75 Å². The second-order valence-corrected chi connectivity index (χ2v) is 4.04. The summed E-state index contributed by atoms with van der Waals surface area (Å²) in [6.45, 7) is 9.76. The highest BCUT2D eigenvalue weighted by Crippen LogP contribution is 2.27. The van der Waals surface area contributed by atoms with E-state index < -0.39 is 0 Å². The molecule has 15 heavy (non-hydrogen) atoms. The van der Waals surface area contributed by atoms with Crippen LogP contribution >= 0.6 is 0 Å². The summed E-state index contributed by atoms with van der Waals surface area (Å²) in [4.78, 5) is 0. The summed E-state index contributed by atoms with van der Waals surface area (Å²) < 4.78 is 5.55. The van der Waals surface area contributed by atoms with Crippen molar-refractivity contribution in [3.63, 3.8) is 0 Å². The average molecular weight is 207 g/mol. The van der Waals surface area contributed by atoms with E-state index in [0.29, 0.717) is 19.1 Å². The normalized spacial score (nSPS) is 12.6. The SMILES string of the molecule is CCOc1cc(C)c(C(C)CN)cc1C. The van der Waals surface area contributed by atoms with Gasteiger partial charge in [-0.25, -0.2) is 0 Å². The fourth-order valence-electron chi connectivity index (χ4n) is 1.78. The lowest BCUT2D eigenvalue weighted by atomic mass is 9.94. The second-order valence-electron chi connectivity index (χ2n) is 4.04. The van der Waals surface area contributed by atoms with E-state index in [1.807, 2.05) is 6.92 Å². The summed E-state index contributed by atoms with van der Waals surface area (Å²) in [5.74, 6) is 1.40. The van der Waals surface area contributed by atoms with E-state index in [1.54, 1.807) is 0 Å². The van der Waals surface area contributed by atoms with Crippen molar-refractivity contribution >= 4 is 0 Å². The molecule has 2 nitrogen and oxygen atoms in total. The van der Waals surface area contributed by atoms with Crippen molar-refractivity contribution in [1.29, 1.82) is 0 Å². The maximum atomic E-state index is 5.69. The Morgan fingerprint density at radius 2 is 1.93 bits per heavy atom. The van der Waals surface area contributed by atoms with Crippen LogP contribution in [0.1, 0.15) is 36.5 Å². The average Bonchev–Trinajstić information content (AvgIpc) is 2.22. The van der Waals surface area contributed by atoms with Crippen molar-refractivity contribution in [3.8, 4) is 5.75 Å². The third-order valence-electron chi connectivity index (χ3n) is 2.75. The third-order valence-corrected chi connectivity index (χ3v) is 2.75. The molecule has 0 amide bonds. The Morgan fingerprint density at radius 3 is 2.47 bits per heavy atom. The van der Waals surface area contributed by atoms with Crippen molar-refractivity contribution in [1.82, 2.24) is 0 Å². The summed E-state index contributed by atoms with van der Waals surface area (Å²) in [5, 5.41) is 0. The number of hydrogen-bond acceptors (Lipinski definition) is 2. The lowest BCUT2D eigenvalue weighted by molar-refractivity contribution is 0.337. The predicted molar refractivity (Wildman–Crippen MR) is 64.6 cm³/mol. The van der Waals surface area contributed by atoms with Gasteiger partial charge in [-0.2, -0.15) is 0 Å². The number of benzene rings is 1. The topological polar surface area (TPSA) is 35.2 Å². The molecular formula is C13H21NO. The molecule has 2 heteroatoms. The first-order chi connectivity index (χ1) is 7.10. The first-order valence-electron chi connectivity index (χ1n) is 5.54. The van der Waals surface area contributed by atoms with Crippen LogP contribution in [0.5, 0.6) is 5.75 Å². The smallest absolute Gasteiger partial charge is 0.122 e. The van der Waals surface area contributed by atoms with Crippen LogP contribution in [-0.4, -0.2) is 13.2 Å². The number of ether oxygens (including phenoxy) is 1. The zero-order chi connectivity index (χ0) is 11.4. The van der Waals surface area contributed by atoms with Crippen molar-refractivity contribution in [2.45, 2.75) is 33.6 Å². The molecule has 1 rings (SSSR count). The molecule has 0 saturated carbocycles. The van der Waals surface area contributed by atoms with Crippen LogP contribution in [-0.2, 0) is 0 Å². The van der Waals surface area contributed by atoms with Gasteiger partial charge in [0.05, 0.1) is 6.61 Å². The van der Waals surface area contributed by atoms with Crippen molar-refractivity contribution in [3.05, 3.63) is 28.8 Å². The summed E-state index contributed by atoms with van der Waals surface area (Å²) in [6.07, 6.45) is 0. The Balaban J connectivity index is 3.07. The third kappa shape index (κ3) is 2.72. The zero-order valence-corrected chi connectivity index (χ0v) is 10.1. The molecule has 1 aromatic carbocycles. The van der Waals surface area contributed by atoms with Crippen LogP contribution in [0.2, 0.25) is 0 Å². The van der Waals surface area contributed by atoms with Crippen LogP contribution < -0.4 is 10.5 Å². The van der Waals surface area contributed by atoms with Gasteiger partial charge in [0.25, 0.3) is 0 Å². The van der Waals surface area contributed by atoms with E-state index in [2.05, 4.69) is 32.9 Å². The van der Waals surface area contributed by atoms with Gasteiger partial charge in [-0.05, 0) is 56.0 Å². The molecule has 0 bridgehead atoms. The van der Waals surface area contributed by atoms with Gasteiger partial charge in [-0.15, -0.1) is 0 Å². The van der Waals surface area contributed by atoms with E-state index >= 15 is 0 Å². The van der Waals surface area contributed by atoms with E-state index in [0.717, 1.165) is 5.75 Å². The van der Waals surface area contributed by atoms with Crippen molar-refractivity contribution in [2.75, 3.05) is 13.2 Å². The molecule has 0 aliphatic rings. The quantitative estimate of drug-likeness (QED) is 0.824. The molecule has 0 saturated heterocycles. The standard InChI is InChI=1S/C13H21NO/c1-5-15-13-7-9(2)12(6-10(13)3)11(4)8-14/h6-7,11H,5,8,14H2,1-4H3. The Bertz CT molecular complexity index is 334. The highest BCUT2D eigenvalue weighted by Gasteiger charge is 2.10. The van der Waals surface area contributed by atoms with Gasteiger partial charge in [-0.1, -0.05) is 13.0 Å². The van der Waals surface area contributed by atoms with E-state index in [9.17, 15) is 0 Å². The maximum Gasteiger partial charge on any atom is 0.122 e. The summed E-state index contributed by atoms with van der Waals surface area (Å²) in [7, 11) is 0. The Hall–Kier alpha value is -1.02. The number of hydrogen-bond donors (Lipinski definition) is 1. The van der Waals surface area contributed by atoms with Crippen LogP contribution in [0.15, 0.2) is 12.1 Å². The zero-order valence-electron chi connectivity index (χ0n) is 10.1. The summed E-state index contributed by atoms with van der Waals surface area (Å²) in [5.41, 5.74) is 9.48.